The third kappa shape index (κ3) is 3.66. The van der Waals surface area contributed by atoms with Gasteiger partial charge in [-0.25, -0.2) is 9.97 Å². The first-order valence-electron chi connectivity index (χ1n) is 8.66. The second-order valence-electron chi connectivity index (χ2n) is 6.75. The Kier molecular flexibility index (Phi) is 4.97. The van der Waals surface area contributed by atoms with Crippen LogP contribution in [-0.4, -0.2) is 70.9 Å². The van der Waals surface area contributed by atoms with Gasteiger partial charge in [0.2, 0.25) is 5.91 Å². The number of rotatable bonds is 2. The first kappa shape index (κ1) is 16.7. The average Bonchev–Trinajstić information content (AvgIpc) is 2.61. The lowest BCUT2D eigenvalue weighted by molar-refractivity contribution is -0.130. The summed E-state index contributed by atoms with van der Waals surface area (Å²) < 4.78 is 0. The number of piperazine rings is 1. The van der Waals surface area contributed by atoms with Gasteiger partial charge in [-0.1, -0.05) is 6.92 Å². The van der Waals surface area contributed by atoms with Crippen molar-refractivity contribution in [2.75, 3.05) is 44.2 Å². The predicted octanol–water partition coefficient (Wildman–Crippen LogP) is 1.02. The molecular formula is C17H25N5O2. The summed E-state index contributed by atoms with van der Waals surface area (Å²) in [5.74, 6) is 1.46. The molecule has 0 saturated carbocycles. The normalized spacial score (nSPS) is 21.8. The predicted molar refractivity (Wildman–Crippen MR) is 90.8 cm³/mol. The van der Waals surface area contributed by atoms with E-state index in [1.165, 1.54) is 12.8 Å². The minimum absolute atomic E-state index is 0.0574. The van der Waals surface area contributed by atoms with Crippen molar-refractivity contribution in [2.24, 2.45) is 5.92 Å². The Morgan fingerprint density at radius 1 is 1.04 bits per heavy atom. The summed E-state index contributed by atoms with van der Waals surface area (Å²) in [6.07, 6.45) is 5.71. The highest BCUT2D eigenvalue weighted by atomic mass is 16.2. The highest BCUT2D eigenvalue weighted by Gasteiger charge is 2.24. The SMILES string of the molecule is CC(=O)N1CCN(C(=O)c2cnc(N3CCCC(C)C3)cn2)CC1. The zero-order valence-electron chi connectivity index (χ0n) is 14.4. The molecule has 0 radical (unpaired) electrons. The Labute approximate surface area is 142 Å². The maximum Gasteiger partial charge on any atom is 0.274 e. The summed E-state index contributed by atoms with van der Waals surface area (Å²) in [4.78, 5) is 38.4. The smallest absolute Gasteiger partial charge is 0.274 e. The Morgan fingerprint density at radius 3 is 2.33 bits per heavy atom. The van der Waals surface area contributed by atoms with Gasteiger partial charge in [-0.15, -0.1) is 0 Å². The van der Waals surface area contributed by atoms with E-state index in [1.54, 1.807) is 29.1 Å². The van der Waals surface area contributed by atoms with E-state index in [2.05, 4.69) is 21.8 Å². The summed E-state index contributed by atoms with van der Waals surface area (Å²) in [5, 5.41) is 0. The van der Waals surface area contributed by atoms with Gasteiger partial charge in [0.1, 0.15) is 11.5 Å². The van der Waals surface area contributed by atoms with Gasteiger partial charge in [0.05, 0.1) is 12.4 Å². The van der Waals surface area contributed by atoms with Crippen molar-refractivity contribution in [3.63, 3.8) is 0 Å². The molecule has 7 heteroatoms. The molecule has 24 heavy (non-hydrogen) atoms. The number of amides is 2. The van der Waals surface area contributed by atoms with E-state index >= 15 is 0 Å². The molecule has 1 aromatic heterocycles. The summed E-state index contributed by atoms with van der Waals surface area (Å²) in [7, 11) is 0. The number of hydrogen-bond acceptors (Lipinski definition) is 5. The molecule has 2 amide bonds. The van der Waals surface area contributed by atoms with Gasteiger partial charge in [-0.2, -0.15) is 0 Å². The molecule has 1 atom stereocenters. The molecule has 2 aliphatic rings. The summed E-state index contributed by atoms with van der Waals surface area (Å²) in [6, 6.07) is 0. The van der Waals surface area contributed by atoms with E-state index in [9.17, 15) is 9.59 Å². The molecule has 0 spiro atoms. The standard InChI is InChI=1S/C17H25N5O2/c1-13-4-3-5-22(12-13)16-11-18-15(10-19-16)17(24)21-8-6-20(7-9-21)14(2)23/h10-11,13H,3-9,12H2,1-2H3. The minimum atomic E-state index is -0.107. The zero-order valence-corrected chi connectivity index (χ0v) is 14.4. The minimum Gasteiger partial charge on any atom is -0.355 e. The molecule has 7 nitrogen and oxygen atoms in total. The molecule has 0 bridgehead atoms. The third-order valence-corrected chi connectivity index (χ3v) is 4.85. The van der Waals surface area contributed by atoms with Crippen LogP contribution in [0.1, 0.15) is 37.2 Å². The van der Waals surface area contributed by atoms with Crippen LogP contribution in [0.5, 0.6) is 0 Å². The number of aromatic nitrogens is 2. The van der Waals surface area contributed by atoms with Crippen LogP contribution >= 0.6 is 0 Å². The molecule has 2 saturated heterocycles. The van der Waals surface area contributed by atoms with E-state index in [0.29, 0.717) is 37.8 Å². The molecule has 0 aromatic carbocycles. The Bertz CT molecular complexity index is 596. The van der Waals surface area contributed by atoms with Gasteiger partial charge in [-0.3, -0.25) is 9.59 Å². The van der Waals surface area contributed by atoms with Gasteiger partial charge in [0.25, 0.3) is 5.91 Å². The van der Waals surface area contributed by atoms with E-state index in [-0.39, 0.29) is 11.8 Å². The van der Waals surface area contributed by atoms with Crippen LogP contribution in [0.15, 0.2) is 12.4 Å². The number of nitrogens with zero attached hydrogens (tertiary/aromatic N) is 5. The number of carbonyl (C=O) groups excluding carboxylic acids is 2. The van der Waals surface area contributed by atoms with Gasteiger partial charge >= 0.3 is 0 Å². The maximum atomic E-state index is 12.5. The van der Waals surface area contributed by atoms with Crippen molar-refractivity contribution < 1.29 is 9.59 Å². The second-order valence-corrected chi connectivity index (χ2v) is 6.75. The summed E-state index contributed by atoms with van der Waals surface area (Å²) >= 11 is 0. The van der Waals surface area contributed by atoms with Crippen molar-refractivity contribution in [1.82, 2.24) is 19.8 Å². The topological polar surface area (TPSA) is 69.6 Å². The van der Waals surface area contributed by atoms with Gasteiger partial charge in [0, 0.05) is 46.2 Å². The molecule has 0 N–H and O–H groups in total. The van der Waals surface area contributed by atoms with Gasteiger partial charge in [0.15, 0.2) is 0 Å². The van der Waals surface area contributed by atoms with E-state index < -0.39 is 0 Å². The first-order chi connectivity index (χ1) is 11.5. The Morgan fingerprint density at radius 2 is 1.75 bits per heavy atom. The van der Waals surface area contributed by atoms with Gasteiger partial charge < -0.3 is 14.7 Å². The van der Waals surface area contributed by atoms with Crippen molar-refractivity contribution in [3.8, 4) is 0 Å². The number of piperidine rings is 1. The van der Waals surface area contributed by atoms with Crippen LogP contribution in [0.3, 0.4) is 0 Å². The largest absolute Gasteiger partial charge is 0.355 e. The van der Waals surface area contributed by atoms with Crippen molar-refractivity contribution in [3.05, 3.63) is 18.1 Å². The average molecular weight is 331 g/mol. The highest BCUT2D eigenvalue weighted by Crippen LogP contribution is 2.20. The molecule has 1 unspecified atom stereocenters. The molecule has 130 valence electrons. The number of hydrogen-bond donors (Lipinski definition) is 0. The van der Waals surface area contributed by atoms with Crippen LogP contribution in [0.2, 0.25) is 0 Å². The van der Waals surface area contributed by atoms with E-state index in [4.69, 9.17) is 0 Å². The lowest BCUT2D eigenvalue weighted by atomic mass is 10.0. The van der Waals surface area contributed by atoms with Crippen LogP contribution in [0.25, 0.3) is 0 Å². The molecular weight excluding hydrogens is 306 g/mol. The van der Waals surface area contributed by atoms with Crippen LogP contribution in [-0.2, 0) is 4.79 Å². The van der Waals surface area contributed by atoms with Crippen molar-refractivity contribution >= 4 is 17.6 Å². The molecule has 2 aliphatic heterocycles. The zero-order chi connectivity index (χ0) is 17.1. The molecule has 3 heterocycles. The Hall–Kier alpha value is -2.18. The second kappa shape index (κ2) is 7.15. The highest BCUT2D eigenvalue weighted by molar-refractivity contribution is 5.92. The van der Waals surface area contributed by atoms with Crippen LogP contribution < -0.4 is 4.90 Å². The molecule has 0 aliphatic carbocycles. The van der Waals surface area contributed by atoms with Crippen LogP contribution in [0.4, 0.5) is 5.82 Å². The summed E-state index contributed by atoms with van der Waals surface area (Å²) in [5.41, 5.74) is 0.375. The lowest BCUT2D eigenvalue weighted by Crippen LogP contribution is -2.50. The molecule has 3 rings (SSSR count). The molecule has 2 fully saturated rings. The third-order valence-electron chi connectivity index (χ3n) is 4.85. The van der Waals surface area contributed by atoms with Gasteiger partial charge in [-0.05, 0) is 18.8 Å². The van der Waals surface area contributed by atoms with E-state index in [0.717, 1.165) is 18.9 Å². The first-order valence-corrected chi connectivity index (χ1v) is 8.66. The summed E-state index contributed by atoms with van der Waals surface area (Å²) in [6.45, 7) is 8.06. The quantitative estimate of drug-likeness (QED) is 0.809. The fraction of sp³-hybridized carbons (Fsp3) is 0.647. The van der Waals surface area contributed by atoms with E-state index in [1.807, 2.05) is 0 Å². The monoisotopic (exact) mass is 331 g/mol. The number of carbonyl (C=O) groups is 2. The lowest BCUT2D eigenvalue weighted by Gasteiger charge is -2.34. The fourth-order valence-corrected chi connectivity index (χ4v) is 3.38. The molecule has 1 aromatic rings. The number of anilines is 1. The fourth-order valence-electron chi connectivity index (χ4n) is 3.38. The Balaban J connectivity index is 1.61. The van der Waals surface area contributed by atoms with Crippen LogP contribution in [0, 0.1) is 5.92 Å². The maximum absolute atomic E-state index is 12.5. The van der Waals surface area contributed by atoms with Crippen molar-refractivity contribution in [1.29, 1.82) is 0 Å². The van der Waals surface area contributed by atoms with Crippen molar-refractivity contribution in [2.45, 2.75) is 26.7 Å².